The molecule has 0 aromatic carbocycles. The van der Waals surface area contributed by atoms with Crippen LogP contribution < -0.4 is 0 Å². The number of hydrogen-bond acceptors (Lipinski definition) is 0. The molecule has 0 aromatic heterocycles. The molecule has 0 heterocycles. The molecule has 0 nitrogen and oxygen atoms in total. The Morgan fingerprint density at radius 2 is 1.78 bits per heavy atom. The van der Waals surface area contributed by atoms with E-state index in [1.807, 2.05) is 6.92 Å². The van der Waals surface area contributed by atoms with E-state index in [4.69, 9.17) is 0 Å². The van der Waals surface area contributed by atoms with Crippen LogP contribution in [-0.4, -0.2) is 21.2 Å². The standard InChI is InChI=1S/C5H5.3CH3.Pb/c1-4-5(2)3;;;;/h2H2,3H3;3*1H3;. The van der Waals surface area contributed by atoms with Gasteiger partial charge in [-0.3, -0.25) is 0 Å². The Labute approximate surface area is 63.0 Å². The van der Waals surface area contributed by atoms with Gasteiger partial charge < -0.3 is 0 Å². The molecule has 0 saturated heterocycles. The van der Waals surface area contributed by atoms with Gasteiger partial charge in [0.15, 0.2) is 0 Å². The summed E-state index contributed by atoms with van der Waals surface area (Å²) in [7, 11) is 0. The Hall–Kier alpha value is 0.222. The maximum atomic E-state index is 3.72. The summed E-state index contributed by atoms with van der Waals surface area (Å²) < 4.78 is 10.2. The van der Waals surface area contributed by atoms with Crippen molar-refractivity contribution in [1.82, 2.24) is 0 Å². The van der Waals surface area contributed by atoms with Crippen molar-refractivity contribution in [3.8, 4) is 9.40 Å². The molecule has 0 fully saturated rings. The fraction of sp³-hybridized carbons (Fsp3) is 0.500. The fourth-order valence-corrected chi connectivity index (χ4v) is 2.58. The van der Waals surface area contributed by atoms with Gasteiger partial charge in [-0.15, -0.1) is 0 Å². The molecule has 0 amide bonds. The van der Waals surface area contributed by atoms with E-state index in [1.54, 1.807) is 0 Å². The second-order valence-corrected chi connectivity index (χ2v) is 21.7. The van der Waals surface area contributed by atoms with Gasteiger partial charge in [-0.25, -0.2) is 0 Å². The summed E-state index contributed by atoms with van der Waals surface area (Å²) in [4.78, 5) is 0. The summed E-state index contributed by atoms with van der Waals surface area (Å²) in [5, 5.41) is 0. The minimum atomic E-state index is -1.89. The molecule has 0 atom stereocenters. The summed E-state index contributed by atoms with van der Waals surface area (Å²) in [6.45, 7) is 5.67. The van der Waals surface area contributed by atoms with Gasteiger partial charge in [0.2, 0.25) is 0 Å². The molecule has 50 valence electrons. The molecule has 1 heteroatoms. The van der Waals surface area contributed by atoms with Crippen LogP contribution in [0.1, 0.15) is 6.92 Å². The SMILES string of the molecule is C=C(C)C#[C][Pb]([CH3])([CH3])[CH3]. The molecule has 0 radical (unpaired) electrons. The van der Waals surface area contributed by atoms with E-state index in [2.05, 4.69) is 29.4 Å². The van der Waals surface area contributed by atoms with Crippen molar-refractivity contribution in [1.29, 1.82) is 0 Å². The molecule has 0 rings (SSSR count). The molecule has 0 N–H and O–H groups in total. The summed E-state index contributed by atoms with van der Waals surface area (Å²) in [6, 6.07) is 0. The van der Waals surface area contributed by atoms with E-state index in [0.29, 0.717) is 0 Å². The Morgan fingerprint density at radius 1 is 1.33 bits per heavy atom. The van der Waals surface area contributed by atoms with Gasteiger partial charge >= 0.3 is 63.1 Å². The molecule has 0 aliphatic heterocycles. The third-order valence-corrected chi connectivity index (χ3v) is 4.05. The second kappa shape index (κ2) is 3.41. The molecule has 0 aromatic rings. The molecule has 0 bridgehead atoms. The first-order chi connectivity index (χ1) is 3.92. The molecule has 9 heavy (non-hydrogen) atoms. The van der Waals surface area contributed by atoms with Crippen molar-refractivity contribution >= 4 is 21.2 Å². The predicted molar refractivity (Wildman–Crippen MR) is 45.9 cm³/mol. The van der Waals surface area contributed by atoms with Gasteiger partial charge in [-0.1, -0.05) is 0 Å². The van der Waals surface area contributed by atoms with E-state index < -0.39 is 21.2 Å². The third kappa shape index (κ3) is 8.22. The van der Waals surface area contributed by atoms with Gasteiger partial charge in [0, 0.05) is 0 Å². The van der Waals surface area contributed by atoms with Crippen LogP contribution in [-0.2, 0) is 0 Å². The summed E-state index contributed by atoms with van der Waals surface area (Å²) >= 11 is -1.89. The van der Waals surface area contributed by atoms with Gasteiger partial charge in [-0.2, -0.15) is 0 Å². The van der Waals surface area contributed by atoms with E-state index in [0.717, 1.165) is 5.57 Å². The van der Waals surface area contributed by atoms with E-state index in [9.17, 15) is 0 Å². The zero-order valence-corrected chi connectivity index (χ0v) is 10.6. The van der Waals surface area contributed by atoms with Crippen molar-refractivity contribution in [2.24, 2.45) is 0 Å². The van der Waals surface area contributed by atoms with Crippen molar-refractivity contribution in [3.63, 3.8) is 0 Å². The van der Waals surface area contributed by atoms with Crippen molar-refractivity contribution in [3.05, 3.63) is 12.2 Å². The quantitative estimate of drug-likeness (QED) is 0.475. The predicted octanol–water partition coefficient (Wildman–Crippen LogP) is 2.44. The van der Waals surface area contributed by atoms with Crippen LogP contribution in [0.2, 0.25) is 13.4 Å². The van der Waals surface area contributed by atoms with Crippen molar-refractivity contribution in [2.45, 2.75) is 20.4 Å². The second-order valence-electron chi connectivity index (χ2n) is 3.28. The van der Waals surface area contributed by atoms with Crippen LogP contribution in [0.5, 0.6) is 0 Å². The Morgan fingerprint density at radius 3 is 1.89 bits per heavy atom. The molecule has 0 aliphatic carbocycles. The minimum absolute atomic E-state index is 0.991. The number of hydrogen-bond donors (Lipinski definition) is 0. The molecule has 0 spiro atoms. The van der Waals surface area contributed by atoms with Crippen LogP contribution in [0.15, 0.2) is 12.2 Å². The van der Waals surface area contributed by atoms with Crippen LogP contribution in [0.3, 0.4) is 0 Å². The van der Waals surface area contributed by atoms with E-state index >= 15 is 0 Å². The first-order valence-corrected chi connectivity index (χ1v) is 16.7. The Kier molecular flexibility index (Phi) is 3.49. The zero-order valence-electron chi connectivity index (χ0n) is 6.71. The normalized spacial score (nSPS) is 9.78. The third-order valence-electron chi connectivity index (χ3n) is 0.651. The van der Waals surface area contributed by atoms with Crippen molar-refractivity contribution < 1.29 is 0 Å². The Balaban J connectivity index is 4.04. The van der Waals surface area contributed by atoms with E-state index in [1.165, 1.54) is 0 Å². The van der Waals surface area contributed by atoms with Crippen LogP contribution in [0.4, 0.5) is 0 Å². The zero-order chi connectivity index (χ0) is 7.49. The first-order valence-electron chi connectivity index (χ1n) is 3.10. The van der Waals surface area contributed by atoms with Crippen molar-refractivity contribution in [2.75, 3.05) is 0 Å². The van der Waals surface area contributed by atoms with Crippen LogP contribution in [0, 0.1) is 9.40 Å². The summed E-state index contributed by atoms with van der Waals surface area (Å²) in [5.74, 6) is 3.04. The van der Waals surface area contributed by atoms with E-state index in [-0.39, 0.29) is 0 Å². The van der Waals surface area contributed by atoms with Gasteiger partial charge in [0.1, 0.15) is 0 Å². The summed E-state index contributed by atoms with van der Waals surface area (Å²) in [6.07, 6.45) is 0. The molecular weight excluding hydrogens is 303 g/mol. The Bertz CT molecular complexity index is 161. The maximum absolute atomic E-state index is 3.72. The van der Waals surface area contributed by atoms with Gasteiger partial charge in [-0.05, 0) is 0 Å². The fourth-order valence-electron chi connectivity index (χ4n) is 0.294. The molecule has 0 saturated carbocycles. The average molecular weight is 317 g/mol. The molecule has 0 aliphatic rings. The number of rotatable bonds is 0. The van der Waals surface area contributed by atoms with Gasteiger partial charge in [0.25, 0.3) is 0 Å². The molecule has 0 unspecified atom stereocenters. The van der Waals surface area contributed by atoms with Gasteiger partial charge in [0.05, 0.1) is 0 Å². The topological polar surface area (TPSA) is 0 Å². The summed E-state index contributed by atoms with van der Waals surface area (Å²) in [5.41, 5.74) is 0.991. The number of allylic oxidation sites excluding steroid dienone is 1. The van der Waals surface area contributed by atoms with Crippen LogP contribution in [0.25, 0.3) is 0 Å². The average Bonchev–Trinajstić information content (AvgIpc) is 1.59. The first kappa shape index (κ1) is 9.22. The molecular formula is C8H14Pb. The monoisotopic (exact) mass is 318 g/mol. The van der Waals surface area contributed by atoms with Crippen LogP contribution >= 0.6 is 0 Å².